The Hall–Kier alpha value is -1.88. The average Bonchev–Trinajstić information content (AvgIpc) is 2.48. The van der Waals surface area contributed by atoms with Crippen molar-refractivity contribution in [1.29, 1.82) is 0 Å². The summed E-state index contributed by atoms with van der Waals surface area (Å²) in [7, 11) is 0. The summed E-state index contributed by atoms with van der Waals surface area (Å²) in [6, 6.07) is 4.94. The van der Waals surface area contributed by atoms with Crippen LogP contribution in [0.15, 0.2) is 18.2 Å². The van der Waals surface area contributed by atoms with Crippen molar-refractivity contribution in [3.8, 4) is 0 Å². The molecule has 2 amide bonds. The van der Waals surface area contributed by atoms with Crippen molar-refractivity contribution >= 4 is 17.5 Å². The van der Waals surface area contributed by atoms with Crippen molar-refractivity contribution < 1.29 is 14.7 Å². The number of ketones is 1. The van der Waals surface area contributed by atoms with Crippen LogP contribution in [0.3, 0.4) is 0 Å². The SMILES string of the molecule is CC(=O)c1ccc(NC(=O)NCC2(C)CCCCC2O)cc1C. The summed E-state index contributed by atoms with van der Waals surface area (Å²) in [6.45, 7) is 5.84. The van der Waals surface area contributed by atoms with Crippen LogP contribution in [0, 0.1) is 12.3 Å². The van der Waals surface area contributed by atoms with Crippen molar-refractivity contribution in [2.75, 3.05) is 11.9 Å². The van der Waals surface area contributed by atoms with Crippen LogP contribution >= 0.6 is 0 Å². The van der Waals surface area contributed by atoms with Gasteiger partial charge < -0.3 is 15.7 Å². The maximum atomic E-state index is 12.1. The van der Waals surface area contributed by atoms with E-state index in [2.05, 4.69) is 10.6 Å². The van der Waals surface area contributed by atoms with Crippen molar-refractivity contribution in [3.05, 3.63) is 29.3 Å². The van der Waals surface area contributed by atoms with Gasteiger partial charge in [0.05, 0.1) is 6.10 Å². The molecule has 0 radical (unpaired) electrons. The molecule has 5 nitrogen and oxygen atoms in total. The van der Waals surface area contributed by atoms with Gasteiger partial charge in [-0.2, -0.15) is 0 Å². The molecule has 5 heteroatoms. The molecule has 1 fully saturated rings. The van der Waals surface area contributed by atoms with Gasteiger partial charge in [-0.15, -0.1) is 0 Å². The topological polar surface area (TPSA) is 78.4 Å². The number of amides is 2. The number of hydrogen-bond donors (Lipinski definition) is 3. The molecule has 0 aromatic heterocycles. The maximum Gasteiger partial charge on any atom is 0.319 e. The molecule has 2 rings (SSSR count). The Morgan fingerprint density at radius 1 is 1.35 bits per heavy atom. The van der Waals surface area contributed by atoms with Crippen LogP contribution < -0.4 is 10.6 Å². The normalized spacial score (nSPS) is 24.1. The van der Waals surface area contributed by atoms with Gasteiger partial charge in [-0.1, -0.05) is 19.8 Å². The van der Waals surface area contributed by atoms with Crippen LogP contribution in [0.2, 0.25) is 0 Å². The van der Waals surface area contributed by atoms with E-state index in [9.17, 15) is 14.7 Å². The number of rotatable bonds is 4. The minimum Gasteiger partial charge on any atom is -0.392 e. The van der Waals surface area contributed by atoms with Crippen LogP contribution in [0.4, 0.5) is 10.5 Å². The summed E-state index contributed by atoms with van der Waals surface area (Å²) < 4.78 is 0. The third-order valence-electron chi connectivity index (χ3n) is 4.80. The van der Waals surface area contributed by atoms with E-state index in [1.54, 1.807) is 18.2 Å². The fourth-order valence-corrected chi connectivity index (χ4v) is 3.18. The third-order valence-corrected chi connectivity index (χ3v) is 4.80. The van der Waals surface area contributed by atoms with E-state index in [0.29, 0.717) is 17.8 Å². The summed E-state index contributed by atoms with van der Waals surface area (Å²) >= 11 is 0. The molecular weight excluding hydrogens is 292 g/mol. The van der Waals surface area contributed by atoms with Crippen LogP contribution in [0.5, 0.6) is 0 Å². The lowest BCUT2D eigenvalue weighted by molar-refractivity contribution is 0.00333. The molecule has 126 valence electrons. The number of carbonyl (C=O) groups is 2. The van der Waals surface area contributed by atoms with Crippen molar-refractivity contribution in [2.45, 2.75) is 52.6 Å². The Morgan fingerprint density at radius 2 is 2.09 bits per heavy atom. The molecule has 0 bridgehead atoms. The molecule has 1 aromatic carbocycles. The average molecular weight is 318 g/mol. The molecule has 1 aliphatic carbocycles. The Balaban J connectivity index is 1.92. The molecule has 2 unspecified atom stereocenters. The standard InChI is InChI=1S/C18H26N2O3/c1-12-10-14(7-8-15(12)13(2)21)20-17(23)19-11-18(3)9-5-4-6-16(18)22/h7-8,10,16,22H,4-6,9,11H2,1-3H3,(H2,19,20,23). The third kappa shape index (κ3) is 4.32. The molecule has 3 N–H and O–H groups in total. The van der Waals surface area contributed by atoms with Crippen molar-refractivity contribution in [2.24, 2.45) is 5.41 Å². The van der Waals surface area contributed by atoms with E-state index in [-0.39, 0.29) is 23.3 Å². The van der Waals surface area contributed by atoms with Gasteiger partial charge in [-0.25, -0.2) is 4.79 Å². The number of aliphatic hydroxyl groups excluding tert-OH is 1. The zero-order valence-electron chi connectivity index (χ0n) is 14.1. The first-order chi connectivity index (χ1) is 10.8. The Morgan fingerprint density at radius 3 is 2.70 bits per heavy atom. The Labute approximate surface area is 137 Å². The minimum atomic E-state index is -0.367. The lowest BCUT2D eigenvalue weighted by atomic mass is 9.73. The molecule has 23 heavy (non-hydrogen) atoms. The van der Waals surface area contributed by atoms with E-state index in [1.807, 2.05) is 13.8 Å². The molecule has 0 saturated heterocycles. The zero-order chi connectivity index (χ0) is 17.0. The second-order valence-corrected chi connectivity index (χ2v) is 6.81. The Bertz CT molecular complexity index is 600. The summed E-state index contributed by atoms with van der Waals surface area (Å²) in [5, 5.41) is 15.8. The lowest BCUT2D eigenvalue weighted by Gasteiger charge is -2.38. The molecule has 1 saturated carbocycles. The van der Waals surface area contributed by atoms with Gasteiger partial charge in [-0.05, 0) is 50.5 Å². The molecule has 0 aliphatic heterocycles. The van der Waals surface area contributed by atoms with Crippen molar-refractivity contribution in [3.63, 3.8) is 0 Å². The molecule has 1 aliphatic rings. The van der Waals surface area contributed by atoms with Gasteiger partial charge in [0, 0.05) is 23.2 Å². The zero-order valence-corrected chi connectivity index (χ0v) is 14.1. The van der Waals surface area contributed by atoms with Crippen LogP contribution in [0.1, 0.15) is 55.5 Å². The van der Waals surface area contributed by atoms with E-state index >= 15 is 0 Å². The van der Waals surface area contributed by atoms with Crippen LogP contribution in [0.25, 0.3) is 0 Å². The van der Waals surface area contributed by atoms with Gasteiger partial charge >= 0.3 is 6.03 Å². The second kappa shape index (κ2) is 7.13. The van der Waals surface area contributed by atoms with Crippen molar-refractivity contribution in [1.82, 2.24) is 5.32 Å². The largest absolute Gasteiger partial charge is 0.392 e. The molecule has 0 spiro atoms. The highest BCUT2D eigenvalue weighted by atomic mass is 16.3. The quantitative estimate of drug-likeness (QED) is 0.746. The number of anilines is 1. The van der Waals surface area contributed by atoms with Crippen LogP contribution in [-0.4, -0.2) is 29.6 Å². The molecule has 1 aromatic rings. The minimum absolute atomic E-state index is 0.0118. The first kappa shape index (κ1) is 17.5. The summed E-state index contributed by atoms with van der Waals surface area (Å²) in [6.07, 6.45) is 3.48. The van der Waals surface area contributed by atoms with Gasteiger partial charge in [0.2, 0.25) is 0 Å². The highest BCUT2D eigenvalue weighted by Gasteiger charge is 2.35. The van der Waals surface area contributed by atoms with E-state index in [0.717, 1.165) is 31.2 Å². The number of urea groups is 1. The predicted octanol–water partition coefficient (Wildman–Crippen LogP) is 3.26. The first-order valence-electron chi connectivity index (χ1n) is 8.16. The Kier molecular flexibility index (Phi) is 5.42. The maximum absolute atomic E-state index is 12.1. The molecule has 0 heterocycles. The number of Topliss-reactive ketones (excluding diaryl/α,β-unsaturated/α-hetero) is 1. The number of carbonyl (C=O) groups excluding carboxylic acids is 2. The number of benzene rings is 1. The smallest absolute Gasteiger partial charge is 0.319 e. The van der Waals surface area contributed by atoms with Gasteiger partial charge in [-0.3, -0.25) is 4.79 Å². The fraction of sp³-hybridized carbons (Fsp3) is 0.556. The highest BCUT2D eigenvalue weighted by Crippen LogP contribution is 2.35. The van der Waals surface area contributed by atoms with E-state index in [1.165, 1.54) is 6.92 Å². The van der Waals surface area contributed by atoms with Gasteiger partial charge in [0.15, 0.2) is 5.78 Å². The first-order valence-corrected chi connectivity index (χ1v) is 8.16. The molecule has 2 atom stereocenters. The molecular formula is C18H26N2O3. The predicted molar refractivity (Wildman–Crippen MR) is 90.8 cm³/mol. The summed E-state index contributed by atoms with van der Waals surface area (Å²) in [5.74, 6) is 0.0118. The highest BCUT2D eigenvalue weighted by molar-refractivity contribution is 5.96. The monoisotopic (exact) mass is 318 g/mol. The van der Waals surface area contributed by atoms with Gasteiger partial charge in [0.25, 0.3) is 0 Å². The summed E-state index contributed by atoms with van der Waals surface area (Å²) in [4.78, 5) is 23.5. The van der Waals surface area contributed by atoms with E-state index in [4.69, 9.17) is 0 Å². The lowest BCUT2D eigenvalue weighted by Crippen LogP contribution is -2.46. The fourth-order valence-electron chi connectivity index (χ4n) is 3.18. The van der Waals surface area contributed by atoms with E-state index < -0.39 is 0 Å². The summed E-state index contributed by atoms with van der Waals surface area (Å²) in [5.41, 5.74) is 1.89. The second-order valence-electron chi connectivity index (χ2n) is 6.81. The van der Waals surface area contributed by atoms with Crippen LogP contribution in [-0.2, 0) is 0 Å². The number of hydrogen-bond acceptors (Lipinski definition) is 3. The number of nitrogens with one attached hydrogen (secondary N) is 2. The number of aliphatic hydroxyl groups is 1. The van der Waals surface area contributed by atoms with Gasteiger partial charge in [0.1, 0.15) is 0 Å². The number of aryl methyl sites for hydroxylation is 1.